The molecule has 0 N–H and O–H groups in total. The molecule has 0 radical (unpaired) electrons. The van der Waals surface area contributed by atoms with Gasteiger partial charge in [0, 0.05) is 19.0 Å². The summed E-state index contributed by atoms with van der Waals surface area (Å²) in [6, 6.07) is 14.8. The number of nitrogens with zero attached hydrogens (tertiary/aromatic N) is 4. The van der Waals surface area contributed by atoms with Crippen molar-refractivity contribution in [1.82, 2.24) is 14.8 Å². The molecule has 0 unspecified atom stereocenters. The lowest BCUT2D eigenvalue weighted by Crippen LogP contribution is -2.33. The molecule has 1 amide bonds. The van der Waals surface area contributed by atoms with Crippen molar-refractivity contribution in [2.24, 2.45) is 7.05 Å². The number of para-hydroxylation sites is 1. The number of amides is 1. The highest BCUT2D eigenvalue weighted by molar-refractivity contribution is 7.22. The first-order valence-corrected chi connectivity index (χ1v) is 9.05. The summed E-state index contributed by atoms with van der Waals surface area (Å²) in [6.45, 7) is 2.35. The number of anilines is 1. The standard InChI is InChI=1S/C19H16N4O2S/c1-3-23(19-20-14-10-6-7-11-15(14)26-19)18(25)16-12-8-4-5-9-13(12)17(24)22(2)21-16/h4-11H,3H2,1-2H3. The average Bonchev–Trinajstić information content (AvgIpc) is 3.09. The van der Waals surface area contributed by atoms with E-state index >= 15 is 0 Å². The summed E-state index contributed by atoms with van der Waals surface area (Å²) < 4.78 is 2.23. The first-order valence-electron chi connectivity index (χ1n) is 8.23. The largest absolute Gasteiger partial charge is 0.283 e. The second kappa shape index (κ2) is 6.34. The number of carbonyl (C=O) groups is 1. The van der Waals surface area contributed by atoms with Crippen molar-refractivity contribution in [2.45, 2.75) is 6.92 Å². The van der Waals surface area contributed by atoms with Crippen LogP contribution in [0.4, 0.5) is 5.13 Å². The van der Waals surface area contributed by atoms with E-state index in [2.05, 4.69) is 10.1 Å². The number of thiazole rings is 1. The Bertz CT molecular complexity index is 1160. The third kappa shape index (κ3) is 2.57. The quantitative estimate of drug-likeness (QED) is 0.560. The van der Waals surface area contributed by atoms with Crippen molar-refractivity contribution in [3.8, 4) is 0 Å². The Morgan fingerprint density at radius 1 is 1.12 bits per heavy atom. The maximum absolute atomic E-state index is 13.2. The molecule has 0 atom stereocenters. The van der Waals surface area contributed by atoms with Crippen LogP contribution in [0, 0.1) is 0 Å². The van der Waals surface area contributed by atoms with Gasteiger partial charge in [-0.2, -0.15) is 5.10 Å². The molecule has 0 saturated heterocycles. The van der Waals surface area contributed by atoms with Crippen molar-refractivity contribution in [1.29, 1.82) is 0 Å². The van der Waals surface area contributed by atoms with Gasteiger partial charge < -0.3 is 0 Å². The maximum atomic E-state index is 13.2. The van der Waals surface area contributed by atoms with Crippen LogP contribution in [0.2, 0.25) is 0 Å². The molecular weight excluding hydrogens is 348 g/mol. The van der Waals surface area contributed by atoms with Crippen LogP contribution in [0.1, 0.15) is 17.4 Å². The molecule has 7 heteroatoms. The Balaban J connectivity index is 1.87. The highest BCUT2D eigenvalue weighted by atomic mass is 32.1. The molecule has 6 nitrogen and oxygen atoms in total. The van der Waals surface area contributed by atoms with Gasteiger partial charge in [-0.05, 0) is 25.1 Å². The predicted octanol–water partition coefficient (Wildman–Crippen LogP) is 3.21. The van der Waals surface area contributed by atoms with Crippen LogP contribution >= 0.6 is 11.3 Å². The minimum atomic E-state index is -0.265. The number of carbonyl (C=O) groups excluding carboxylic acids is 1. The van der Waals surface area contributed by atoms with Crippen LogP contribution in [-0.2, 0) is 7.05 Å². The minimum Gasteiger partial charge on any atom is -0.283 e. The van der Waals surface area contributed by atoms with E-state index in [9.17, 15) is 9.59 Å². The highest BCUT2D eigenvalue weighted by Gasteiger charge is 2.24. The molecule has 0 fully saturated rings. The van der Waals surface area contributed by atoms with Gasteiger partial charge in [-0.3, -0.25) is 14.5 Å². The van der Waals surface area contributed by atoms with E-state index in [0.717, 1.165) is 10.2 Å². The van der Waals surface area contributed by atoms with Crippen molar-refractivity contribution in [3.63, 3.8) is 0 Å². The van der Waals surface area contributed by atoms with E-state index in [1.165, 1.54) is 16.0 Å². The summed E-state index contributed by atoms with van der Waals surface area (Å²) in [7, 11) is 1.56. The number of hydrogen-bond donors (Lipinski definition) is 0. The fraction of sp³-hybridized carbons (Fsp3) is 0.158. The molecule has 4 aromatic rings. The van der Waals surface area contributed by atoms with Crippen LogP contribution in [0.3, 0.4) is 0 Å². The van der Waals surface area contributed by atoms with Crippen LogP contribution in [0.15, 0.2) is 53.3 Å². The number of aryl methyl sites for hydroxylation is 1. The summed E-state index contributed by atoms with van der Waals surface area (Å²) in [4.78, 5) is 31.7. The number of hydrogen-bond acceptors (Lipinski definition) is 5. The van der Waals surface area contributed by atoms with E-state index in [1.54, 1.807) is 36.2 Å². The van der Waals surface area contributed by atoms with Gasteiger partial charge in [0.2, 0.25) is 0 Å². The molecule has 0 saturated carbocycles. The topological polar surface area (TPSA) is 68.1 Å². The van der Waals surface area contributed by atoms with Crippen LogP contribution in [0.5, 0.6) is 0 Å². The number of benzene rings is 2. The zero-order chi connectivity index (χ0) is 18.3. The zero-order valence-electron chi connectivity index (χ0n) is 14.3. The molecule has 130 valence electrons. The smallest absolute Gasteiger partial charge is 0.281 e. The lowest BCUT2D eigenvalue weighted by atomic mass is 10.1. The number of aromatic nitrogens is 3. The summed E-state index contributed by atoms with van der Waals surface area (Å²) in [6.07, 6.45) is 0. The van der Waals surface area contributed by atoms with Crippen molar-refractivity contribution < 1.29 is 4.79 Å². The lowest BCUT2D eigenvalue weighted by Gasteiger charge is -2.18. The third-order valence-corrected chi connectivity index (χ3v) is 5.29. The van der Waals surface area contributed by atoms with E-state index in [1.807, 2.05) is 31.2 Å². The summed E-state index contributed by atoms with van der Waals surface area (Å²) in [5, 5.41) is 5.90. The summed E-state index contributed by atoms with van der Waals surface area (Å²) in [5.74, 6) is -0.265. The van der Waals surface area contributed by atoms with Gasteiger partial charge in [0.1, 0.15) is 0 Å². The SMILES string of the molecule is CCN(C(=O)c1nn(C)c(=O)c2ccccc12)c1nc2ccccc2s1. The second-order valence-corrected chi connectivity index (χ2v) is 6.85. The van der Waals surface area contributed by atoms with E-state index < -0.39 is 0 Å². The minimum absolute atomic E-state index is 0.222. The molecule has 0 aliphatic rings. The molecule has 0 bridgehead atoms. The first-order chi connectivity index (χ1) is 12.6. The first kappa shape index (κ1) is 16.4. The molecule has 0 aliphatic carbocycles. The molecule has 0 aliphatic heterocycles. The molecular formula is C19H16N4O2S. The van der Waals surface area contributed by atoms with Crippen molar-refractivity contribution >= 4 is 43.4 Å². The third-order valence-electron chi connectivity index (χ3n) is 4.23. The predicted molar refractivity (Wildman–Crippen MR) is 104 cm³/mol. The molecule has 2 heterocycles. The molecule has 0 spiro atoms. The molecule has 2 aromatic carbocycles. The van der Waals surface area contributed by atoms with Gasteiger partial charge in [0.05, 0.1) is 15.6 Å². The van der Waals surface area contributed by atoms with Crippen molar-refractivity contribution in [3.05, 3.63) is 64.6 Å². The Morgan fingerprint density at radius 2 is 1.81 bits per heavy atom. The summed E-state index contributed by atoms with van der Waals surface area (Å²) in [5.41, 5.74) is 0.890. The molecule has 26 heavy (non-hydrogen) atoms. The van der Waals surface area contributed by atoms with Crippen LogP contribution in [0.25, 0.3) is 21.0 Å². The average molecular weight is 364 g/mol. The Morgan fingerprint density at radius 3 is 2.54 bits per heavy atom. The maximum Gasteiger partial charge on any atom is 0.281 e. The van der Waals surface area contributed by atoms with Crippen LogP contribution in [-0.4, -0.2) is 27.2 Å². The van der Waals surface area contributed by atoms with E-state index in [0.29, 0.717) is 22.4 Å². The van der Waals surface area contributed by atoms with Crippen molar-refractivity contribution in [2.75, 3.05) is 11.4 Å². The Hall–Kier alpha value is -3.06. The van der Waals surface area contributed by atoms with Gasteiger partial charge in [-0.25, -0.2) is 9.67 Å². The second-order valence-electron chi connectivity index (χ2n) is 5.84. The van der Waals surface area contributed by atoms with E-state index in [4.69, 9.17) is 0 Å². The van der Waals surface area contributed by atoms with Gasteiger partial charge in [-0.1, -0.05) is 41.7 Å². The van der Waals surface area contributed by atoms with Gasteiger partial charge >= 0.3 is 0 Å². The fourth-order valence-corrected chi connectivity index (χ4v) is 3.95. The van der Waals surface area contributed by atoms with Crippen LogP contribution < -0.4 is 10.5 Å². The van der Waals surface area contributed by atoms with Gasteiger partial charge in [-0.15, -0.1) is 0 Å². The molecule has 2 aromatic heterocycles. The summed E-state index contributed by atoms with van der Waals surface area (Å²) >= 11 is 1.46. The highest BCUT2D eigenvalue weighted by Crippen LogP contribution is 2.29. The van der Waals surface area contributed by atoms with E-state index in [-0.39, 0.29) is 17.2 Å². The fourth-order valence-electron chi connectivity index (χ4n) is 2.93. The van der Waals surface area contributed by atoms with Gasteiger partial charge in [0.25, 0.3) is 11.5 Å². The van der Waals surface area contributed by atoms with Gasteiger partial charge in [0.15, 0.2) is 10.8 Å². The number of rotatable bonds is 3. The Kier molecular flexibility index (Phi) is 4.00. The number of fused-ring (bicyclic) bond motifs is 2. The Labute approximate surface area is 153 Å². The lowest BCUT2D eigenvalue weighted by molar-refractivity contribution is 0.0983. The molecule has 4 rings (SSSR count). The monoisotopic (exact) mass is 364 g/mol. The zero-order valence-corrected chi connectivity index (χ0v) is 15.2. The normalized spacial score (nSPS) is 11.2.